The molecule has 0 aliphatic carbocycles. The van der Waals surface area contributed by atoms with Crippen LogP contribution in [0.25, 0.3) is 0 Å². The zero-order valence-corrected chi connectivity index (χ0v) is 12.8. The van der Waals surface area contributed by atoms with Crippen molar-refractivity contribution in [3.63, 3.8) is 0 Å². The first-order chi connectivity index (χ1) is 8.11. The molecule has 1 unspecified atom stereocenters. The highest BCUT2D eigenvalue weighted by Crippen LogP contribution is 2.03. The lowest BCUT2D eigenvalue weighted by molar-refractivity contribution is 0.219. The van der Waals surface area contributed by atoms with Crippen LogP contribution in [0.2, 0.25) is 0 Å². The Morgan fingerprint density at radius 3 is 2.18 bits per heavy atom. The molecule has 1 N–H and O–H groups in total. The summed E-state index contributed by atoms with van der Waals surface area (Å²) in [6.07, 6.45) is 6.64. The number of nitrogens with one attached hydrogen (secondary N) is 1. The van der Waals surface area contributed by atoms with Crippen LogP contribution in [0.4, 0.5) is 0 Å². The monoisotopic (exact) mass is 242 g/mol. The summed E-state index contributed by atoms with van der Waals surface area (Å²) in [4.78, 5) is 2.56. The summed E-state index contributed by atoms with van der Waals surface area (Å²) in [5.41, 5.74) is 0. The summed E-state index contributed by atoms with van der Waals surface area (Å²) in [6, 6.07) is 1.35. The van der Waals surface area contributed by atoms with Crippen LogP contribution in [0.1, 0.15) is 66.7 Å². The average Bonchev–Trinajstić information content (AvgIpc) is 2.28. The van der Waals surface area contributed by atoms with Crippen LogP contribution in [0.3, 0.4) is 0 Å². The Morgan fingerprint density at radius 2 is 1.65 bits per heavy atom. The first kappa shape index (κ1) is 16.9. The van der Waals surface area contributed by atoms with Gasteiger partial charge in [-0.25, -0.2) is 0 Å². The van der Waals surface area contributed by atoms with E-state index in [0.717, 1.165) is 6.54 Å². The molecular formula is C15H34N2. The fraction of sp³-hybridized carbons (Fsp3) is 1.00. The van der Waals surface area contributed by atoms with Crippen molar-refractivity contribution in [1.82, 2.24) is 10.2 Å². The SMILES string of the molecule is CCCCCC(C)NCCN(CCC)C(C)C. The molecule has 0 rings (SSSR count). The molecule has 1 atom stereocenters. The van der Waals surface area contributed by atoms with E-state index in [9.17, 15) is 0 Å². The van der Waals surface area contributed by atoms with E-state index in [4.69, 9.17) is 0 Å². The summed E-state index contributed by atoms with van der Waals surface area (Å²) in [7, 11) is 0. The van der Waals surface area contributed by atoms with E-state index < -0.39 is 0 Å². The minimum atomic E-state index is 0.673. The molecule has 0 spiro atoms. The molecule has 104 valence electrons. The van der Waals surface area contributed by atoms with Gasteiger partial charge in [0.2, 0.25) is 0 Å². The van der Waals surface area contributed by atoms with E-state index in [2.05, 4.69) is 44.8 Å². The number of unbranched alkanes of at least 4 members (excludes halogenated alkanes) is 2. The molecule has 0 aromatic carbocycles. The van der Waals surface area contributed by atoms with Gasteiger partial charge in [0.1, 0.15) is 0 Å². The highest BCUT2D eigenvalue weighted by Gasteiger charge is 2.08. The second-order valence-electron chi connectivity index (χ2n) is 5.48. The van der Waals surface area contributed by atoms with Crippen molar-refractivity contribution in [3.8, 4) is 0 Å². The summed E-state index contributed by atoms with van der Waals surface area (Å²) in [5.74, 6) is 0. The third kappa shape index (κ3) is 9.61. The van der Waals surface area contributed by atoms with Crippen molar-refractivity contribution >= 4 is 0 Å². The maximum atomic E-state index is 3.64. The van der Waals surface area contributed by atoms with Crippen molar-refractivity contribution in [2.75, 3.05) is 19.6 Å². The van der Waals surface area contributed by atoms with E-state index in [0.29, 0.717) is 12.1 Å². The molecule has 2 heteroatoms. The fourth-order valence-corrected chi connectivity index (χ4v) is 2.17. The molecule has 0 saturated carbocycles. The first-order valence-electron chi connectivity index (χ1n) is 7.59. The molecule has 0 fully saturated rings. The third-order valence-corrected chi connectivity index (χ3v) is 3.37. The van der Waals surface area contributed by atoms with Crippen LogP contribution < -0.4 is 5.32 Å². The lowest BCUT2D eigenvalue weighted by Crippen LogP contribution is -2.39. The maximum Gasteiger partial charge on any atom is 0.0110 e. The summed E-state index contributed by atoms with van der Waals surface area (Å²) in [5, 5.41) is 3.64. The average molecular weight is 242 g/mol. The molecule has 0 aromatic rings. The topological polar surface area (TPSA) is 15.3 Å². The summed E-state index contributed by atoms with van der Waals surface area (Å²) >= 11 is 0. The number of nitrogens with zero attached hydrogens (tertiary/aromatic N) is 1. The lowest BCUT2D eigenvalue weighted by Gasteiger charge is -2.26. The van der Waals surface area contributed by atoms with Gasteiger partial charge >= 0.3 is 0 Å². The van der Waals surface area contributed by atoms with Gasteiger partial charge in [-0.05, 0) is 40.2 Å². The Hall–Kier alpha value is -0.0800. The van der Waals surface area contributed by atoms with Crippen molar-refractivity contribution in [2.24, 2.45) is 0 Å². The van der Waals surface area contributed by atoms with E-state index in [1.165, 1.54) is 45.2 Å². The first-order valence-corrected chi connectivity index (χ1v) is 7.59. The predicted octanol–water partition coefficient (Wildman–Crippen LogP) is 3.67. The Labute approximate surface area is 109 Å². The van der Waals surface area contributed by atoms with Gasteiger partial charge in [-0.2, -0.15) is 0 Å². The summed E-state index contributed by atoms with van der Waals surface area (Å²) in [6.45, 7) is 15.0. The van der Waals surface area contributed by atoms with Gasteiger partial charge in [0, 0.05) is 25.2 Å². The van der Waals surface area contributed by atoms with Crippen molar-refractivity contribution in [1.29, 1.82) is 0 Å². The molecule has 0 aliphatic rings. The molecule has 0 radical (unpaired) electrons. The van der Waals surface area contributed by atoms with Crippen molar-refractivity contribution in [2.45, 2.75) is 78.8 Å². The summed E-state index contributed by atoms with van der Waals surface area (Å²) < 4.78 is 0. The maximum absolute atomic E-state index is 3.64. The van der Waals surface area contributed by atoms with E-state index in [1.54, 1.807) is 0 Å². The minimum Gasteiger partial charge on any atom is -0.313 e. The van der Waals surface area contributed by atoms with Gasteiger partial charge in [0.05, 0.1) is 0 Å². The minimum absolute atomic E-state index is 0.673. The van der Waals surface area contributed by atoms with Crippen LogP contribution in [-0.2, 0) is 0 Å². The molecule has 2 nitrogen and oxygen atoms in total. The van der Waals surface area contributed by atoms with E-state index in [1.807, 2.05) is 0 Å². The second-order valence-corrected chi connectivity index (χ2v) is 5.48. The van der Waals surface area contributed by atoms with Crippen LogP contribution >= 0.6 is 0 Å². The van der Waals surface area contributed by atoms with Crippen LogP contribution in [0, 0.1) is 0 Å². The molecule has 0 amide bonds. The van der Waals surface area contributed by atoms with Crippen LogP contribution in [-0.4, -0.2) is 36.6 Å². The predicted molar refractivity (Wildman–Crippen MR) is 78.6 cm³/mol. The Morgan fingerprint density at radius 1 is 0.941 bits per heavy atom. The number of hydrogen-bond donors (Lipinski definition) is 1. The molecule has 0 saturated heterocycles. The van der Waals surface area contributed by atoms with E-state index in [-0.39, 0.29) is 0 Å². The molecular weight excluding hydrogens is 208 g/mol. The molecule has 0 aliphatic heterocycles. The number of hydrogen-bond acceptors (Lipinski definition) is 2. The third-order valence-electron chi connectivity index (χ3n) is 3.37. The zero-order valence-electron chi connectivity index (χ0n) is 12.8. The Balaban J connectivity index is 3.58. The highest BCUT2D eigenvalue weighted by molar-refractivity contribution is 4.66. The zero-order chi connectivity index (χ0) is 13.1. The molecule has 0 heterocycles. The van der Waals surface area contributed by atoms with Crippen LogP contribution in [0.5, 0.6) is 0 Å². The van der Waals surface area contributed by atoms with Crippen molar-refractivity contribution in [3.05, 3.63) is 0 Å². The highest BCUT2D eigenvalue weighted by atomic mass is 15.2. The normalized spacial score (nSPS) is 13.6. The van der Waals surface area contributed by atoms with Gasteiger partial charge in [-0.1, -0.05) is 33.1 Å². The van der Waals surface area contributed by atoms with E-state index >= 15 is 0 Å². The fourth-order valence-electron chi connectivity index (χ4n) is 2.17. The smallest absolute Gasteiger partial charge is 0.0110 e. The molecule has 0 bridgehead atoms. The van der Waals surface area contributed by atoms with Gasteiger partial charge in [-0.15, -0.1) is 0 Å². The number of rotatable bonds is 11. The quantitative estimate of drug-likeness (QED) is 0.556. The lowest BCUT2D eigenvalue weighted by atomic mass is 10.1. The van der Waals surface area contributed by atoms with Gasteiger partial charge in [0.25, 0.3) is 0 Å². The van der Waals surface area contributed by atoms with Gasteiger partial charge in [0.15, 0.2) is 0 Å². The van der Waals surface area contributed by atoms with Gasteiger partial charge in [-0.3, -0.25) is 4.90 Å². The largest absolute Gasteiger partial charge is 0.313 e. The van der Waals surface area contributed by atoms with Crippen LogP contribution in [0.15, 0.2) is 0 Å². The Bertz CT molecular complexity index is 157. The Kier molecular flexibility index (Phi) is 11.0. The second kappa shape index (κ2) is 11.0. The van der Waals surface area contributed by atoms with Crippen molar-refractivity contribution < 1.29 is 0 Å². The van der Waals surface area contributed by atoms with Gasteiger partial charge < -0.3 is 5.32 Å². The standard InChI is InChI=1S/C15H34N2/c1-6-8-9-10-15(5)16-11-13-17(12-7-2)14(3)4/h14-16H,6-13H2,1-5H3. The molecule has 0 aromatic heterocycles. The molecule has 17 heavy (non-hydrogen) atoms.